The van der Waals surface area contributed by atoms with Crippen LogP contribution in [0.15, 0.2) is 29.5 Å². The molecule has 1 saturated heterocycles. The Kier molecular flexibility index (Phi) is 4.49. The van der Waals surface area contributed by atoms with Crippen LogP contribution in [0.2, 0.25) is 0 Å². The van der Waals surface area contributed by atoms with E-state index in [1.807, 2.05) is 12.1 Å². The van der Waals surface area contributed by atoms with Crippen molar-refractivity contribution in [1.29, 1.82) is 0 Å². The third-order valence-electron chi connectivity index (χ3n) is 4.17. The maximum Gasteiger partial charge on any atom is 0.390 e. The molecule has 1 fully saturated rings. The predicted octanol–water partition coefficient (Wildman–Crippen LogP) is -0.775. The molecule has 1 aromatic heterocycles. The zero-order chi connectivity index (χ0) is 18.1. The Hall–Kier alpha value is -2.81. The van der Waals surface area contributed by atoms with E-state index in [1.54, 1.807) is 30.9 Å². The molecule has 2 aliphatic heterocycles. The average molecular weight is 345 g/mol. The Morgan fingerprint density at radius 1 is 1.36 bits per heavy atom. The molecule has 132 valence electrons. The summed E-state index contributed by atoms with van der Waals surface area (Å²) in [5.41, 5.74) is 0.954. The van der Waals surface area contributed by atoms with E-state index in [-0.39, 0.29) is 12.5 Å². The number of amides is 3. The molecular weight excluding hydrogens is 324 g/mol. The summed E-state index contributed by atoms with van der Waals surface area (Å²) in [6.07, 6.45) is 2.76. The molecule has 3 amide bonds. The normalized spacial score (nSPS) is 21.4. The number of likely N-dealkylation sites (N-methyl/N-ethyl adjacent to an activating group) is 2. The fraction of sp³-hybridized carbons (Fsp3) is 0.438. The standard InChI is InChI=1S/C16H20N6O3/c1-10(23)9-22-12-13(20(2)16(25)21(3)14(12)24)19-15(22)18-8-11-5-4-6-17-7-11/h4-7,10,12,23H,8-9H2,1-3H3/p+1. The Morgan fingerprint density at radius 2 is 2.12 bits per heavy atom. The van der Waals surface area contributed by atoms with Gasteiger partial charge in [-0.2, -0.15) is 0 Å². The number of carbonyl (C=O) groups is 2. The third-order valence-corrected chi connectivity index (χ3v) is 4.17. The Bertz CT molecular complexity index is 758. The van der Waals surface area contributed by atoms with E-state index in [1.165, 1.54) is 11.9 Å². The fourth-order valence-corrected chi connectivity index (χ4v) is 2.90. The van der Waals surface area contributed by atoms with E-state index < -0.39 is 18.2 Å². The summed E-state index contributed by atoms with van der Waals surface area (Å²) < 4.78 is 1.69. The van der Waals surface area contributed by atoms with E-state index in [0.29, 0.717) is 18.3 Å². The van der Waals surface area contributed by atoms with E-state index in [4.69, 9.17) is 0 Å². The first kappa shape index (κ1) is 17.0. The van der Waals surface area contributed by atoms with Gasteiger partial charge < -0.3 is 5.11 Å². The summed E-state index contributed by atoms with van der Waals surface area (Å²) in [5.74, 6) is 0.455. The molecule has 2 atom stereocenters. The molecule has 0 radical (unpaired) electrons. The number of amidine groups is 1. The lowest BCUT2D eigenvalue weighted by Crippen LogP contribution is -2.62. The van der Waals surface area contributed by atoms with Gasteiger partial charge in [0, 0.05) is 32.1 Å². The fourth-order valence-electron chi connectivity index (χ4n) is 2.90. The second-order valence-corrected chi connectivity index (χ2v) is 6.15. The highest BCUT2D eigenvalue weighted by molar-refractivity contribution is 6.22. The molecule has 0 aromatic carbocycles. The largest absolute Gasteiger partial charge is 0.390 e. The molecule has 2 N–H and O–H groups in total. The number of β-amino-alcohol motifs (C(OH)–C–C–N with tert-alkyl or cyclic N) is 1. The third kappa shape index (κ3) is 3.10. The van der Waals surface area contributed by atoms with Gasteiger partial charge in [0.25, 0.3) is 5.91 Å². The van der Waals surface area contributed by atoms with Crippen LogP contribution in [0.1, 0.15) is 12.5 Å². The van der Waals surface area contributed by atoms with Crippen molar-refractivity contribution in [3.63, 3.8) is 0 Å². The highest BCUT2D eigenvalue weighted by Gasteiger charge is 2.51. The van der Waals surface area contributed by atoms with Crippen LogP contribution in [0.5, 0.6) is 0 Å². The molecule has 0 saturated carbocycles. The number of fused-ring (bicyclic) bond motifs is 1. The van der Waals surface area contributed by atoms with Gasteiger partial charge in [-0.05, 0) is 13.0 Å². The number of aliphatic hydroxyl groups excluding tert-OH is 1. The highest BCUT2D eigenvalue weighted by Crippen LogP contribution is 2.18. The minimum absolute atomic E-state index is 0.217. The van der Waals surface area contributed by atoms with Gasteiger partial charge in [0.1, 0.15) is 0 Å². The molecule has 3 heterocycles. The van der Waals surface area contributed by atoms with Crippen LogP contribution in [0.25, 0.3) is 0 Å². The molecular formula is C16H21N6O3+. The Labute approximate surface area is 145 Å². The van der Waals surface area contributed by atoms with E-state index in [2.05, 4.69) is 15.3 Å². The maximum atomic E-state index is 12.6. The van der Waals surface area contributed by atoms with Gasteiger partial charge in [-0.3, -0.25) is 24.9 Å². The second kappa shape index (κ2) is 6.60. The van der Waals surface area contributed by atoms with Crippen LogP contribution in [0.4, 0.5) is 4.79 Å². The van der Waals surface area contributed by atoms with E-state index in [0.717, 1.165) is 10.5 Å². The molecule has 2 unspecified atom stereocenters. The highest BCUT2D eigenvalue weighted by atomic mass is 16.3. The number of aliphatic hydroxyl groups is 1. The number of pyridine rings is 1. The molecule has 0 bridgehead atoms. The van der Waals surface area contributed by atoms with Crippen LogP contribution in [-0.4, -0.2) is 81.0 Å². The van der Waals surface area contributed by atoms with Gasteiger partial charge in [0.2, 0.25) is 11.9 Å². The summed E-state index contributed by atoms with van der Waals surface area (Å²) in [5, 5.41) is 13.0. The molecule has 3 rings (SSSR count). The van der Waals surface area contributed by atoms with Crippen LogP contribution in [0.3, 0.4) is 0 Å². The Balaban J connectivity index is 1.92. The van der Waals surface area contributed by atoms with Crippen molar-refractivity contribution in [2.45, 2.75) is 25.6 Å². The van der Waals surface area contributed by atoms with Crippen molar-refractivity contribution in [1.82, 2.24) is 20.1 Å². The number of imide groups is 1. The molecule has 1 aromatic rings. The minimum atomic E-state index is -0.723. The summed E-state index contributed by atoms with van der Waals surface area (Å²) in [4.78, 5) is 35.7. The van der Waals surface area contributed by atoms with Crippen LogP contribution < -0.4 is 5.32 Å². The van der Waals surface area contributed by atoms with Gasteiger partial charge in [-0.25, -0.2) is 9.37 Å². The molecule has 9 nitrogen and oxygen atoms in total. The Morgan fingerprint density at radius 3 is 2.76 bits per heavy atom. The minimum Gasteiger partial charge on any atom is -0.390 e. The number of rotatable bonds is 4. The van der Waals surface area contributed by atoms with Crippen LogP contribution in [0, 0.1) is 0 Å². The first-order valence-electron chi connectivity index (χ1n) is 7.98. The lowest BCUT2D eigenvalue weighted by molar-refractivity contribution is -0.544. The predicted molar refractivity (Wildman–Crippen MR) is 90.0 cm³/mol. The monoisotopic (exact) mass is 345 g/mol. The number of hydrogen-bond acceptors (Lipinski definition) is 6. The topological polar surface area (TPSA) is 101 Å². The van der Waals surface area contributed by atoms with Crippen molar-refractivity contribution < 1.29 is 19.3 Å². The molecule has 25 heavy (non-hydrogen) atoms. The summed E-state index contributed by atoms with van der Waals surface area (Å²) >= 11 is 0. The van der Waals surface area contributed by atoms with Gasteiger partial charge in [0.05, 0.1) is 19.2 Å². The lowest BCUT2D eigenvalue weighted by atomic mass is 10.1. The van der Waals surface area contributed by atoms with Gasteiger partial charge in [0.15, 0.2) is 0 Å². The van der Waals surface area contributed by atoms with Crippen molar-refractivity contribution in [3.05, 3.63) is 30.1 Å². The molecule has 9 heteroatoms. The van der Waals surface area contributed by atoms with Gasteiger partial charge in [-0.1, -0.05) is 11.1 Å². The summed E-state index contributed by atoms with van der Waals surface area (Å²) in [7, 11) is 3.03. The molecule has 2 aliphatic rings. The van der Waals surface area contributed by atoms with Crippen molar-refractivity contribution >= 4 is 23.7 Å². The SMILES string of the molecule is CC(O)C[N+]1=C(NCc2cccnc2)N=C2C1C(=O)N(C)C(=O)N2C. The molecule has 0 aliphatic carbocycles. The van der Waals surface area contributed by atoms with Gasteiger partial charge >= 0.3 is 12.0 Å². The number of guanidine groups is 1. The van der Waals surface area contributed by atoms with Crippen molar-refractivity contribution in [2.24, 2.45) is 4.99 Å². The number of nitrogens with one attached hydrogen (secondary N) is 1. The van der Waals surface area contributed by atoms with E-state index >= 15 is 0 Å². The zero-order valence-electron chi connectivity index (χ0n) is 14.4. The zero-order valence-corrected chi connectivity index (χ0v) is 14.4. The van der Waals surface area contributed by atoms with Crippen molar-refractivity contribution in [3.8, 4) is 0 Å². The number of aromatic nitrogens is 1. The van der Waals surface area contributed by atoms with Crippen LogP contribution >= 0.6 is 0 Å². The first-order valence-corrected chi connectivity index (χ1v) is 7.98. The number of nitrogens with zero attached hydrogens (tertiary/aromatic N) is 5. The number of aliphatic imine (C=N–C) groups is 1. The summed E-state index contributed by atoms with van der Waals surface area (Å²) in [6, 6.07) is 2.60. The quantitative estimate of drug-likeness (QED) is 0.698. The lowest BCUT2D eigenvalue weighted by Gasteiger charge is -2.32. The van der Waals surface area contributed by atoms with E-state index in [9.17, 15) is 14.7 Å². The smallest absolute Gasteiger partial charge is 0.390 e. The second-order valence-electron chi connectivity index (χ2n) is 6.15. The number of carbonyl (C=O) groups excluding carboxylic acids is 2. The first-order chi connectivity index (χ1) is 11.9. The summed E-state index contributed by atoms with van der Waals surface area (Å²) in [6.45, 7) is 2.32. The van der Waals surface area contributed by atoms with Crippen molar-refractivity contribution in [2.75, 3.05) is 20.6 Å². The van der Waals surface area contributed by atoms with Crippen LogP contribution in [-0.2, 0) is 11.3 Å². The maximum absolute atomic E-state index is 12.6. The molecule has 0 spiro atoms. The number of urea groups is 1. The number of hydrogen-bond donors (Lipinski definition) is 2. The van der Waals surface area contributed by atoms with Gasteiger partial charge in [-0.15, -0.1) is 0 Å². The average Bonchev–Trinajstić information content (AvgIpc) is 2.95.